The minimum absolute atomic E-state index is 0. The Morgan fingerprint density at radius 3 is 0.789 bits per heavy atom. The third-order valence-electron chi connectivity index (χ3n) is 21.5. The van der Waals surface area contributed by atoms with Crippen LogP contribution in [0.25, 0.3) is 0 Å². The van der Waals surface area contributed by atoms with Crippen LogP contribution in [0.2, 0.25) is 0 Å². The summed E-state index contributed by atoms with van der Waals surface area (Å²) in [6, 6.07) is 19.3. The number of alkyl halides is 15. The molecule has 0 aromatic heterocycles. The quantitative estimate of drug-likeness (QED) is 0.0216. The van der Waals surface area contributed by atoms with Crippen molar-refractivity contribution in [3.8, 4) is 0 Å². The fourth-order valence-corrected chi connectivity index (χ4v) is 21.0. The fraction of sp³-hybridized carbons (Fsp3) is 0.519. The van der Waals surface area contributed by atoms with Crippen LogP contribution < -0.4 is 4.90 Å². The molecule has 686 valence electrons. The average molecular weight is 2080 g/mol. The number of carbonyl (C=O) groups is 2. The summed E-state index contributed by atoms with van der Waals surface area (Å²) in [7, 11) is -8.59. The van der Waals surface area contributed by atoms with E-state index in [9.17, 15) is 128 Å². The van der Waals surface area contributed by atoms with Gasteiger partial charge >= 0.3 is 63.1 Å². The fourth-order valence-electron chi connectivity index (χ4n) is 16.1. The van der Waals surface area contributed by atoms with Crippen LogP contribution in [0.1, 0.15) is 114 Å². The molecular formula is C79H81F27I2NO11S3+3. The van der Waals surface area contributed by atoms with E-state index in [0.29, 0.717) is 62.2 Å². The van der Waals surface area contributed by atoms with Gasteiger partial charge in [0.25, 0.3) is 0 Å². The largest absolute Gasteiger partial charge is 0.522 e. The normalized spacial score (nSPS) is 24.4. The first kappa shape index (κ1) is 104. The van der Waals surface area contributed by atoms with E-state index in [0.717, 1.165) is 55.7 Å². The summed E-state index contributed by atoms with van der Waals surface area (Å²) in [6.07, 6.45) is 2.93. The van der Waals surface area contributed by atoms with Crippen molar-refractivity contribution in [2.24, 2.45) is 35.5 Å². The van der Waals surface area contributed by atoms with E-state index >= 15 is 0 Å². The maximum absolute atomic E-state index is 13.7. The Morgan fingerprint density at radius 2 is 0.618 bits per heavy atom. The van der Waals surface area contributed by atoms with Gasteiger partial charge in [0.2, 0.25) is 0 Å². The SMILES string of the molecule is C.C.CC(F)(F)C(=O)OC12CC3CC(C1)C1(OCC(F)(F)C(F)(F)CO1)C(C3)C2.CC(F)(F)C(=O)OC12CC3CC(C1)C1(OCC(F)(F)C(F)(F)CO1)C(C3)C2.CC[NH+](CC)CC.Fc1cc([S+](c2ccc(I)cc2)c2cc(F)c(F)c(F)c2)cc(F)c1F.Fc1cc([S+](c2ccc(I)cc2)c2cc(F)c(F)c(F)c2)cc(F)c1F.O=S(=O)(O)C(F)(F)F. The van der Waals surface area contributed by atoms with Gasteiger partial charge in [-0.05, 0) is 191 Å². The lowest BCUT2D eigenvalue weighted by Crippen LogP contribution is -3.11. The second-order valence-corrected chi connectivity index (χ2v) is 38.0. The number of benzene rings is 6. The summed E-state index contributed by atoms with van der Waals surface area (Å²) >= 11 is 4.09. The summed E-state index contributed by atoms with van der Waals surface area (Å²) in [4.78, 5) is 25.9. The lowest BCUT2D eigenvalue weighted by molar-refractivity contribution is -0.894. The Balaban J connectivity index is 0.000000212. The predicted octanol–water partition coefficient (Wildman–Crippen LogP) is 21.6. The summed E-state index contributed by atoms with van der Waals surface area (Å²) in [5.41, 5.74) is -7.84. The maximum atomic E-state index is 13.7. The van der Waals surface area contributed by atoms with Crippen molar-refractivity contribution in [1.29, 1.82) is 0 Å². The highest BCUT2D eigenvalue weighted by Crippen LogP contribution is 2.66. The molecule has 2 saturated heterocycles. The van der Waals surface area contributed by atoms with Crippen molar-refractivity contribution in [1.82, 2.24) is 0 Å². The second-order valence-electron chi connectivity index (χ2n) is 30.1. The number of nitrogens with one attached hydrogen (secondary N) is 1. The molecule has 10 aliphatic rings. The molecule has 16 rings (SSSR count). The molecule has 123 heavy (non-hydrogen) atoms. The molecule has 2 spiro atoms. The number of hydrogen-bond donors (Lipinski definition) is 2. The Morgan fingerprint density at radius 1 is 0.415 bits per heavy atom. The van der Waals surface area contributed by atoms with Crippen molar-refractivity contribution in [3.63, 3.8) is 0 Å². The molecule has 8 bridgehead atoms. The zero-order chi connectivity index (χ0) is 90.5. The van der Waals surface area contributed by atoms with Gasteiger partial charge in [-0.25, -0.2) is 62.3 Å². The van der Waals surface area contributed by atoms with E-state index in [1.54, 1.807) is 53.4 Å². The smallest absolute Gasteiger partial charge is 0.455 e. The Hall–Kier alpha value is -5.76. The number of rotatable bonds is 13. The Labute approximate surface area is 721 Å². The maximum Gasteiger partial charge on any atom is 0.522 e. The number of carbonyl (C=O) groups excluding carboxylic acids is 2. The van der Waals surface area contributed by atoms with Gasteiger partial charge in [0, 0.05) is 93.2 Å². The number of quaternary nitrogens is 1. The zero-order valence-electron chi connectivity index (χ0n) is 63.4. The van der Waals surface area contributed by atoms with Gasteiger partial charge in [0.1, 0.15) is 37.6 Å². The summed E-state index contributed by atoms with van der Waals surface area (Å²) in [5.74, 6) is -51.5. The molecular weight excluding hydrogens is 2000 g/mol. The molecule has 2 N–H and O–H groups in total. The van der Waals surface area contributed by atoms with Crippen molar-refractivity contribution < 1.29 is 174 Å². The number of esters is 2. The number of ether oxygens (including phenoxy) is 6. The molecule has 6 aromatic carbocycles. The zero-order valence-corrected chi connectivity index (χ0v) is 70.2. The van der Waals surface area contributed by atoms with Crippen LogP contribution in [-0.4, -0.2) is 135 Å². The molecule has 0 radical (unpaired) electrons. The lowest BCUT2D eigenvalue weighted by atomic mass is 9.51. The lowest BCUT2D eigenvalue weighted by Gasteiger charge is -2.63. The van der Waals surface area contributed by atoms with E-state index in [1.807, 2.05) is 45.2 Å². The van der Waals surface area contributed by atoms with Gasteiger partial charge in [0.05, 0.1) is 41.4 Å². The number of halogens is 29. The molecule has 12 nitrogen and oxygen atoms in total. The first-order chi connectivity index (χ1) is 55.7. The third-order valence-corrected chi connectivity index (χ3v) is 27.9. The molecule has 4 atom stereocenters. The molecule has 0 amide bonds. The monoisotopic (exact) mass is 2080 g/mol. The van der Waals surface area contributed by atoms with E-state index in [1.165, 1.54) is 19.6 Å². The predicted molar refractivity (Wildman–Crippen MR) is 407 cm³/mol. The molecule has 4 unspecified atom stereocenters. The molecule has 8 saturated carbocycles. The summed E-state index contributed by atoms with van der Waals surface area (Å²) in [6.45, 7) is 5.47. The topological polar surface area (TPSA) is 148 Å². The molecule has 10 fully saturated rings. The van der Waals surface area contributed by atoms with Crippen LogP contribution in [-0.2, 0) is 69.9 Å². The van der Waals surface area contributed by atoms with Crippen LogP contribution in [0.5, 0.6) is 0 Å². The number of hydrogen-bond acceptors (Lipinski definition) is 10. The first-order valence-corrected chi connectivity index (χ1v) is 42.5. The molecule has 2 aliphatic heterocycles. The van der Waals surface area contributed by atoms with Crippen molar-refractivity contribution in [2.45, 2.75) is 207 Å². The van der Waals surface area contributed by atoms with E-state index in [2.05, 4.69) is 20.8 Å². The summed E-state index contributed by atoms with van der Waals surface area (Å²) < 4.78 is 416. The van der Waals surface area contributed by atoms with Crippen LogP contribution in [0, 0.1) is 112 Å². The average Bonchev–Trinajstić information content (AvgIpc) is 1.29. The van der Waals surface area contributed by atoms with Crippen LogP contribution >= 0.6 is 45.2 Å². The van der Waals surface area contributed by atoms with Gasteiger partial charge in [-0.1, -0.05) is 14.9 Å². The highest BCUT2D eigenvalue weighted by atomic mass is 127. The van der Waals surface area contributed by atoms with Crippen molar-refractivity contribution >= 4 is 89.0 Å². The van der Waals surface area contributed by atoms with Gasteiger partial charge in [-0.3, -0.25) is 4.55 Å². The van der Waals surface area contributed by atoms with Crippen LogP contribution in [0.4, 0.5) is 119 Å². The Bertz CT molecular complexity index is 4280. The van der Waals surface area contributed by atoms with Crippen molar-refractivity contribution in [2.75, 3.05) is 46.1 Å². The van der Waals surface area contributed by atoms with Crippen LogP contribution in [0.3, 0.4) is 0 Å². The summed E-state index contributed by atoms with van der Waals surface area (Å²) in [5, 5.41) is 0. The van der Waals surface area contributed by atoms with Crippen molar-refractivity contribution in [3.05, 3.63) is 174 Å². The Kier molecular flexibility index (Phi) is 33.3. The van der Waals surface area contributed by atoms with E-state index < -0.39 is 228 Å². The van der Waals surface area contributed by atoms with E-state index in [4.69, 9.17) is 41.4 Å². The first-order valence-electron chi connectivity index (χ1n) is 36.5. The van der Waals surface area contributed by atoms with Gasteiger partial charge in [-0.2, -0.15) is 74.3 Å². The molecule has 8 aliphatic carbocycles. The molecule has 6 aromatic rings. The molecule has 44 heteroatoms. The van der Waals surface area contributed by atoms with Gasteiger partial charge in [-0.15, -0.1) is 0 Å². The minimum Gasteiger partial charge on any atom is -0.455 e. The van der Waals surface area contributed by atoms with Gasteiger partial charge < -0.3 is 33.3 Å². The standard InChI is InChI=1S/2C18H8F6IS.2C17H20F6O4.C6H15N.CHF3O3S.2CH4/c2*19-13-5-11(6-14(20)17(13)23)26(10-3-1-9(25)2-4-10)12-7-15(21)18(24)16(22)8-12;2*1-13(18,19)12(24)27-14-4-9-2-10(5-14)17(11(3-9)6-14)25-7-15(20,21)16(22,23)8-26-17;1-4-7(5-2)6-3;2-1(3,4)8(5,6)7;;/h2*1-8H;2*9-11H,2-8H2,1H3;4-6H2,1-3H3;(H,5,6,7);2*1H4/q2*+1;;;;;;/p+1. The minimum atomic E-state index is -5.84. The van der Waals surface area contributed by atoms with Crippen LogP contribution in [0.15, 0.2) is 126 Å². The third kappa shape index (κ3) is 23.3. The van der Waals surface area contributed by atoms with Gasteiger partial charge in [0.15, 0.2) is 111 Å². The highest BCUT2D eigenvalue weighted by molar-refractivity contribution is 14.1. The van der Waals surface area contributed by atoms with E-state index in [-0.39, 0.29) is 72.0 Å². The molecule has 2 heterocycles. The second kappa shape index (κ2) is 39.3. The highest BCUT2D eigenvalue weighted by Gasteiger charge is 2.72.